The third-order valence-corrected chi connectivity index (χ3v) is 5.92. The van der Waals surface area contributed by atoms with Crippen molar-refractivity contribution in [1.82, 2.24) is 0 Å². The number of nitrogens with one attached hydrogen (secondary N) is 2. The number of anilines is 3. The molecule has 2 aromatic carbocycles. The lowest BCUT2D eigenvalue weighted by Gasteiger charge is -2.22. The zero-order valence-electron chi connectivity index (χ0n) is 18.0. The molecule has 0 aliphatic heterocycles. The van der Waals surface area contributed by atoms with Gasteiger partial charge in [0.05, 0.1) is 11.8 Å². The molecule has 0 bridgehead atoms. The quantitative estimate of drug-likeness (QED) is 0.718. The van der Waals surface area contributed by atoms with Gasteiger partial charge in [-0.25, -0.2) is 0 Å². The summed E-state index contributed by atoms with van der Waals surface area (Å²) in [5.41, 5.74) is 6.01. The molecule has 2 N–H and O–H groups in total. The topological polar surface area (TPSA) is 61.4 Å². The largest absolute Gasteiger partial charge is 0.372 e. The van der Waals surface area contributed by atoms with Crippen molar-refractivity contribution in [2.45, 2.75) is 41.0 Å². The summed E-state index contributed by atoms with van der Waals surface area (Å²) >= 11 is 0. The fourth-order valence-corrected chi connectivity index (χ4v) is 3.69. The minimum atomic E-state index is -0.262. The molecule has 0 saturated heterocycles. The van der Waals surface area contributed by atoms with Crippen molar-refractivity contribution in [3.8, 4) is 0 Å². The number of carbonyl (C=O) groups excluding carboxylic acids is 2. The number of benzene rings is 2. The van der Waals surface area contributed by atoms with Crippen molar-refractivity contribution in [3.63, 3.8) is 0 Å². The van der Waals surface area contributed by atoms with Crippen LogP contribution in [-0.4, -0.2) is 24.9 Å². The summed E-state index contributed by atoms with van der Waals surface area (Å²) < 4.78 is 0. The molecule has 1 aliphatic rings. The predicted octanol–water partition coefficient (Wildman–Crippen LogP) is 4.67. The molecular formula is C24H31N3O2. The van der Waals surface area contributed by atoms with Crippen LogP contribution in [0.25, 0.3) is 0 Å². The second-order valence-corrected chi connectivity index (χ2v) is 7.85. The van der Waals surface area contributed by atoms with Crippen LogP contribution in [0.15, 0.2) is 36.4 Å². The number of nitrogens with zero attached hydrogens (tertiary/aromatic N) is 1. The van der Waals surface area contributed by atoms with Crippen LogP contribution in [0.1, 0.15) is 37.0 Å². The zero-order valence-corrected chi connectivity index (χ0v) is 18.0. The Hall–Kier alpha value is -2.82. The van der Waals surface area contributed by atoms with Gasteiger partial charge in [0, 0.05) is 30.2 Å². The third-order valence-electron chi connectivity index (χ3n) is 5.92. The summed E-state index contributed by atoms with van der Waals surface area (Å²) in [4.78, 5) is 27.5. The highest BCUT2D eigenvalue weighted by molar-refractivity contribution is 6.03. The molecule has 2 unspecified atom stereocenters. The molecule has 2 atom stereocenters. The molecule has 1 saturated carbocycles. The number of carbonyl (C=O) groups is 2. The first kappa shape index (κ1) is 20.9. The Morgan fingerprint density at radius 1 is 0.897 bits per heavy atom. The van der Waals surface area contributed by atoms with Crippen molar-refractivity contribution in [2.75, 3.05) is 28.6 Å². The fourth-order valence-electron chi connectivity index (χ4n) is 3.69. The Balaban J connectivity index is 1.60. The maximum atomic E-state index is 12.6. The molecule has 0 heterocycles. The monoisotopic (exact) mass is 393 g/mol. The van der Waals surface area contributed by atoms with E-state index in [4.69, 9.17) is 0 Å². The first-order valence-corrected chi connectivity index (χ1v) is 10.4. The van der Waals surface area contributed by atoms with E-state index in [1.807, 2.05) is 51.1 Å². The Labute approximate surface area is 173 Å². The maximum absolute atomic E-state index is 12.6. The van der Waals surface area contributed by atoms with Crippen LogP contribution in [0.3, 0.4) is 0 Å². The van der Waals surface area contributed by atoms with Gasteiger partial charge in [-0.05, 0) is 82.0 Å². The first-order valence-electron chi connectivity index (χ1n) is 10.4. The van der Waals surface area contributed by atoms with E-state index in [1.165, 1.54) is 0 Å². The number of amides is 2. The van der Waals surface area contributed by atoms with Gasteiger partial charge < -0.3 is 15.5 Å². The Kier molecular flexibility index (Phi) is 6.26. The zero-order chi connectivity index (χ0) is 21.1. The van der Waals surface area contributed by atoms with Crippen LogP contribution in [0.2, 0.25) is 0 Å². The summed E-state index contributed by atoms with van der Waals surface area (Å²) in [6, 6.07) is 11.9. The van der Waals surface area contributed by atoms with Crippen LogP contribution >= 0.6 is 0 Å². The standard InChI is InChI=1S/C24H31N3O2/c1-6-27(7-2)18-11-12-21(16(4)13-18)25-23(28)19-14-20(19)24(29)26-22-10-8-9-15(3)17(22)5/h8-13,19-20H,6-7,14H2,1-5H3,(H,25,28)(H,26,29). The van der Waals surface area contributed by atoms with Gasteiger partial charge >= 0.3 is 0 Å². The Bertz CT molecular complexity index is 918. The Morgan fingerprint density at radius 2 is 1.52 bits per heavy atom. The van der Waals surface area contributed by atoms with E-state index in [1.54, 1.807) is 0 Å². The molecule has 2 amide bonds. The second-order valence-electron chi connectivity index (χ2n) is 7.85. The van der Waals surface area contributed by atoms with Gasteiger partial charge in [-0.1, -0.05) is 12.1 Å². The summed E-state index contributed by atoms with van der Waals surface area (Å²) in [5.74, 6) is -0.676. The molecule has 29 heavy (non-hydrogen) atoms. The number of rotatable bonds is 7. The SMILES string of the molecule is CCN(CC)c1ccc(NC(=O)C2CC2C(=O)Nc2cccc(C)c2C)c(C)c1. The molecule has 2 aromatic rings. The van der Waals surface area contributed by atoms with Gasteiger partial charge in [0.25, 0.3) is 0 Å². The van der Waals surface area contributed by atoms with Gasteiger partial charge in [0.2, 0.25) is 11.8 Å². The average Bonchev–Trinajstić information content (AvgIpc) is 3.49. The van der Waals surface area contributed by atoms with E-state index < -0.39 is 0 Å². The third kappa shape index (κ3) is 4.61. The van der Waals surface area contributed by atoms with Crippen molar-refractivity contribution >= 4 is 28.9 Å². The number of hydrogen-bond acceptors (Lipinski definition) is 3. The lowest BCUT2D eigenvalue weighted by Crippen LogP contribution is -2.23. The van der Waals surface area contributed by atoms with E-state index in [0.717, 1.165) is 46.8 Å². The molecular weight excluding hydrogens is 362 g/mol. The molecule has 0 aromatic heterocycles. The van der Waals surface area contributed by atoms with E-state index in [9.17, 15) is 9.59 Å². The van der Waals surface area contributed by atoms with Gasteiger partial charge in [-0.2, -0.15) is 0 Å². The van der Waals surface area contributed by atoms with Crippen LogP contribution in [0, 0.1) is 32.6 Å². The second kappa shape index (κ2) is 8.68. The summed E-state index contributed by atoms with van der Waals surface area (Å²) in [7, 11) is 0. The summed E-state index contributed by atoms with van der Waals surface area (Å²) in [6.45, 7) is 12.2. The Morgan fingerprint density at radius 3 is 2.10 bits per heavy atom. The molecule has 0 radical (unpaired) electrons. The van der Waals surface area contributed by atoms with Crippen molar-refractivity contribution in [1.29, 1.82) is 0 Å². The van der Waals surface area contributed by atoms with E-state index in [2.05, 4.69) is 35.4 Å². The normalized spacial score (nSPS) is 17.6. The van der Waals surface area contributed by atoms with Gasteiger partial charge in [0.1, 0.15) is 0 Å². The first-order chi connectivity index (χ1) is 13.8. The van der Waals surface area contributed by atoms with Gasteiger partial charge in [0.15, 0.2) is 0 Å². The van der Waals surface area contributed by atoms with Crippen LogP contribution in [-0.2, 0) is 9.59 Å². The molecule has 1 fully saturated rings. The van der Waals surface area contributed by atoms with Crippen molar-refractivity contribution in [2.24, 2.45) is 11.8 Å². The van der Waals surface area contributed by atoms with Gasteiger partial charge in [-0.15, -0.1) is 0 Å². The smallest absolute Gasteiger partial charge is 0.228 e. The molecule has 5 heteroatoms. The van der Waals surface area contributed by atoms with Crippen LogP contribution in [0.5, 0.6) is 0 Å². The predicted molar refractivity (Wildman–Crippen MR) is 120 cm³/mol. The maximum Gasteiger partial charge on any atom is 0.228 e. The number of aryl methyl sites for hydroxylation is 2. The highest BCUT2D eigenvalue weighted by atomic mass is 16.2. The van der Waals surface area contributed by atoms with E-state index in [0.29, 0.717) is 6.42 Å². The van der Waals surface area contributed by atoms with Crippen LogP contribution < -0.4 is 15.5 Å². The minimum Gasteiger partial charge on any atom is -0.372 e. The summed E-state index contributed by atoms with van der Waals surface area (Å²) in [5, 5.41) is 5.99. The average molecular weight is 394 g/mol. The van der Waals surface area contributed by atoms with Crippen molar-refractivity contribution < 1.29 is 9.59 Å². The summed E-state index contributed by atoms with van der Waals surface area (Å²) in [6.07, 6.45) is 0.596. The molecule has 3 rings (SSSR count). The minimum absolute atomic E-state index is 0.0764. The van der Waals surface area contributed by atoms with Crippen LogP contribution in [0.4, 0.5) is 17.1 Å². The highest BCUT2D eigenvalue weighted by Crippen LogP contribution is 2.40. The molecule has 0 spiro atoms. The lowest BCUT2D eigenvalue weighted by atomic mass is 10.1. The fraction of sp³-hybridized carbons (Fsp3) is 0.417. The number of hydrogen-bond donors (Lipinski definition) is 2. The molecule has 154 valence electrons. The van der Waals surface area contributed by atoms with Gasteiger partial charge in [-0.3, -0.25) is 9.59 Å². The lowest BCUT2D eigenvalue weighted by molar-refractivity contribution is -0.122. The molecule has 5 nitrogen and oxygen atoms in total. The van der Waals surface area contributed by atoms with E-state index >= 15 is 0 Å². The van der Waals surface area contributed by atoms with Crippen molar-refractivity contribution in [3.05, 3.63) is 53.1 Å². The highest BCUT2D eigenvalue weighted by Gasteiger charge is 2.48. The van der Waals surface area contributed by atoms with E-state index in [-0.39, 0.29) is 23.7 Å². The molecule has 1 aliphatic carbocycles.